The molecule has 0 spiro atoms. The maximum atomic E-state index is 11.1. The Morgan fingerprint density at radius 3 is 1.30 bits per heavy atom. The van der Waals surface area contributed by atoms with Crippen molar-refractivity contribution in [2.24, 2.45) is 0 Å². The molecule has 0 atom stereocenters. The lowest BCUT2D eigenvalue weighted by Gasteiger charge is -2.05. The monoisotopic (exact) mass is 330 g/mol. The van der Waals surface area contributed by atoms with Gasteiger partial charge in [0.1, 0.15) is 13.2 Å². The lowest BCUT2D eigenvalue weighted by molar-refractivity contribution is -0.142. The zero-order valence-corrected chi connectivity index (χ0v) is 12.8. The van der Waals surface area contributed by atoms with Crippen LogP contribution < -0.4 is 0 Å². The van der Waals surface area contributed by atoms with Crippen molar-refractivity contribution in [1.29, 1.82) is 0 Å². The molecule has 0 aliphatic rings. The van der Waals surface area contributed by atoms with Crippen LogP contribution in [0.4, 0.5) is 0 Å². The van der Waals surface area contributed by atoms with E-state index >= 15 is 0 Å². The standard InChI is InChI=1S/C14H18O9/c1-19-11(15)3-5-13(17)22-9-7-21-8-10-23-14(18)6-4-12(16)20-2/h3-6H,7-10H2,1-2H3. The van der Waals surface area contributed by atoms with E-state index < -0.39 is 23.9 Å². The summed E-state index contributed by atoms with van der Waals surface area (Å²) in [5, 5.41) is 0. The van der Waals surface area contributed by atoms with Gasteiger partial charge in [0, 0.05) is 24.3 Å². The van der Waals surface area contributed by atoms with E-state index in [4.69, 9.17) is 14.2 Å². The fourth-order valence-electron chi connectivity index (χ4n) is 1.01. The van der Waals surface area contributed by atoms with Crippen LogP contribution in [-0.4, -0.2) is 64.5 Å². The van der Waals surface area contributed by atoms with E-state index in [0.29, 0.717) is 0 Å². The number of ether oxygens (including phenoxy) is 5. The van der Waals surface area contributed by atoms with Crippen LogP contribution in [0.25, 0.3) is 0 Å². The predicted molar refractivity (Wildman–Crippen MR) is 75.0 cm³/mol. The Kier molecular flexibility index (Phi) is 11.5. The Hall–Kier alpha value is -2.68. The molecule has 0 heterocycles. The summed E-state index contributed by atoms with van der Waals surface area (Å²) in [6.07, 6.45) is 3.73. The van der Waals surface area contributed by atoms with Crippen LogP contribution in [-0.2, 0) is 42.9 Å². The fraction of sp³-hybridized carbons (Fsp3) is 0.429. The number of carbonyl (C=O) groups is 4. The van der Waals surface area contributed by atoms with Gasteiger partial charge in [0.15, 0.2) is 0 Å². The van der Waals surface area contributed by atoms with E-state index in [1.165, 1.54) is 14.2 Å². The van der Waals surface area contributed by atoms with Gasteiger partial charge in [-0.1, -0.05) is 0 Å². The van der Waals surface area contributed by atoms with Gasteiger partial charge in [-0.25, -0.2) is 19.2 Å². The largest absolute Gasteiger partial charge is 0.466 e. The first-order valence-electron chi connectivity index (χ1n) is 6.43. The van der Waals surface area contributed by atoms with E-state index in [1.54, 1.807) is 0 Å². The number of hydrogen-bond donors (Lipinski definition) is 0. The van der Waals surface area contributed by atoms with Gasteiger partial charge in [-0.05, 0) is 0 Å². The van der Waals surface area contributed by atoms with Gasteiger partial charge < -0.3 is 23.7 Å². The summed E-state index contributed by atoms with van der Waals surface area (Å²) >= 11 is 0. The van der Waals surface area contributed by atoms with Gasteiger partial charge in [-0.2, -0.15) is 0 Å². The summed E-state index contributed by atoms with van der Waals surface area (Å²) in [4.78, 5) is 43.6. The third-order valence-corrected chi connectivity index (χ3v) is 2.06. The minimum absolute atomic E-state index is 0.0272. The summed E-state index contributed by atoms with van der Waals surface area (Å²) in [5.41, 5.74) is 0. The molecule has 0 unspecified atom stereocenters. The lowest BCUT2D eigenvalue weighted by atomic mass is 10.5. The van der Waals surface area contributed by atoms with E-state index in [-0.39, 0.29) is 26.4 Å². The van der Waals surface area contributed by atoms with Crippen molar-refractivity contribution < 1.29 is 42.9 Å². The molecule has 0 aliphatic carbocycles. The van der Waals surface area contributed by atoms with Crippen LogP contribution in [0.15, 0.2) is 24.3 Å². The van der Waals surface area contributed by atoms with E-state index in [1.807, 2.05) is 0 Å². The van der Waals surface area contributed by atoms with Crippen LogP contribution in [0.3, 0.4) is 0 Å². The second-order valence-corrected chi connectivity index (χ2v) is 3.66. The van der Waals surface area contributed by atoms with Crippen molar-refractivity contribution in [2.75, 3.05) is 40.6 Å². The summed E-state index contributed by atoms with van der Waals surface area (Å²) in [6.45, 7) is 0.127. The molecular weight excluding hydrogens is 312 g/mol. The first kappa shape index (κ1) is 20.3. The molecule has 0 aromatic heterocycles. The summed E-state index contributed by atoms with van der Waals surface area (Å²) in [6, 6.07) is 0. The average Bonchev–Trinajstić information content (AvgIpc) is 2.56. The van der Waals surface area contributed by atoms with Gasteiger partial charge in [-0.3, -0.25) is 0 Å². The van der Waals surface area contributed by atoms with Crippen LogP contribution in [0.5, 0.6) is 0 Å². The quantitative estimate of drug-likeness (QED) is 0.227. The first-order chi connectivity index (χ1) is 11.0. The molecule has 0 aromatic carbocycles. The molecule has 0 aliphatic heterocycles. The predicted octanol–water partition coefficient (Wildman–Crippen LogP) is -0.452. The number of rotatable bonds is 10. The molecule has 0 N–H and O–H groups in total. The second kappa shape index (κ2) is 13.0. The summed E-state index contributed by atoms with van der Waals surface area (Å²) < 4.78 is 23.1. The Bertz CT molecular complexity index is 423. The maximum Gasteiger partial charge on any atom is 0.331 e. The minimum Gasteiger partial charge on any atom is -0.466 e. The highest BCUT2D eigenvalue weighted by molar-refractivity contribution is 5.92. The van der Waals surface area contributed by atoms with Crippen LogP contribution in [0.2, 0.25) is 0 Å². The smallest absolute Gasteiger partial charge is 0.331 e. The normalized spacial score (nSPS) is 10.5. The summed E-state index contributed by atoms with van der Waals surface area (Å²) in [7, 11) is 2.37. The van der Waals surface area contributed by atoms with Crippen molar-refractivity contribution in [2.45, 2.75) is 0 Å². The SMILES string of the molecule is COC(=O)C=CC(=O)OCCOCCOC(=O)C=CC(=O)OC. The number of methoxy groups -OCH3 is 2. The molecule has 128 valence electrons. The average molecular weight is 330 g/mol. The third-order valence-electron chi connectivity index (χ3n) is 2.06. The zero-order valence-electron chi connectivity index (χ0n) is 12.8. The van der Waals surface area contributed by atoms with Gasteiger partial charge in [0.2, 0.25) is 0 Å². The molecule has 9 nitrogen and oxygen atoms in total. The highest BCUT2D eigenvalue weighted by atomic mass is 16.6. The molecule has 0 radical (unpaired) electrons. The van der Waals surface area contributed by atoms with E-state index in [0.717, 1.165) is 24.3 Å². The van der Waals surface area contributed by atoms with Crippen molar-refractivity contribution in [1.82, 2.24) is 0 Å². The van der Waals surface area contributed by atoms with Crippen molar-refractivity contribution in [3.8, 4) is 0 Å². The third kappa shape index (κ3) is 12.8. The van der Waals surface area contributed by atoms with E-state index in [9.17, 15) is 19.2 Å². The topological polar surface area (TPSA) is 114 Å². The number of hydrogen-bond acceptors (Lipinski definition) is 9. The Labute approximate surface area is 132 Å². The van der Waals surface area contributed by atoms with Crippen molar-refractivity contribution >= 4 is 23.9 Å². The van der Waals surface area contributed by atoms with Crippen molar-refractivity contribution in [3.05, 3.63) is 24.3 Å². The van der Waals surface area contributed by atoms with Gasteiger partial charge in [-0.15, -0.1) is 0 Å². The molecule has 0 aromatic rings. The highest BCUT2D eigenvalue weighted by Gasteiger charge is 2.01. The molecule has 0 amide bonds. The molecule has 0 bridgehead atoms. The molecule has 0 fully saturated rings. The Balaban J connectivity index is 3.60. The lowest BCUT2D eigenvalue weighted by Crippen LogP contribution is -2.13. The van der Waals surface area contributed by atoms with Crippen LogP contribution in [0, 0.1) is 0 Å². The Morgan fingerprint density at radius 1 is 0.609 bits per heavy atom. The molecule has 0 saturated heterocycles. The molecule has 9 heteroatoms. The van der Waals surface area contributed by atoms with E-state index in [2.05, 4.69) is 9.47 Å². The minimum atomic E-state index is -0.710. The maximum absolute atomic E-state index is 11.1. The summed E-state index contributed by atoms with van der Waals surface area (Å²) in [5.74, 6) is -2.75. The van der Waals surface area contributed by atoms with Crippen LogP contribution in [0.1, 0.15) is 0 Å². The second-order valence-electron chi connectivity index (χ2n) is 3.66. The highest BCUT2D eigenvalue weighted by Crippen LogP contribution is 1.87. The molecule has 0 saturated carbocycles. The number of carbonyl (C=O) groups excluding carboxylic acids is 4. The zero-order chi connectivity index (χ0) is 17.5. The van der Waals surface area contributed by atoms with Gasteiger partial charge >= 0.3 is 23.9 Å². The fourth-order valence-corrected chi connectivity index (χ4v) is 1.01. The number of esters is 4. The molecule has 0 rings (SSSR count). The van der Waals surface area contributed by atoms with Gasteiger partial charge in [0.25, 0.3) is 0 Å². The molecule has 23 heavy (non-hydrogen) atoms. The first-order valence-corrected chi connectivity index (χ1v) is 6.43. The van der Waals surface area contributed by atoms with Crippen molar-refractivity contribution in [3.63, 3.8) is 0 Å². The van der Waals surface area contributed by atoms with Crippen LogP contribution >= 0.6 is 0 Å². The molecular formula is C14H18O9. The van der Waals surface area contributed by atoms with Gasteiger partial charge in [0.05, 0.1) is 27.4 Å². The Morgan fingerprint density at radius 2 is 0.957 bits per heavy atom.